The van der Waals surface area contributed by atoms with Gasteiger partial charge in [-0.2, -0.15) is 5.10 Å². The van der Waals surface area contributed by atoms with E-state index in [9.17, 15) is 4.79 Å². The Morgan fingerprint density at radius 1 is 1.06 bits per heavy atom. The fourth-order valence-corrected chi connectivity index (χ4v) is 5.07. The summed E-state index contributed by atoms with van der Waals surface area (Å²) in [5.41, 5.74) is 5.71. The Balaban J connectivity index is 1.98. The van der Waals surface area contributed by atoms with Crippen molar-refractivity contribution < 1.29 is 9.53 Å². The molecule has 32 heavy (non-hydrogen) atoms. The number of nitrogens with one attached hydrogen (secondary N) is 1. The molecule has 1 N–H and O–H groups in total. The van der Waals surface area contributed by atoms with Crippen LogP contribution in [0.5, 0.6) is 5.75 Å². The van der Waals surface area contributed by atoms with E-state index < -0.39 is 0 Å². The minimum absolute atomic E-state index is 0.00129. The van der Waals surface area contributed by atoms with Gasteiger partial charge >= 0.3 is 0 Å². The van der Waals surface area contributed by atoms with Crippen LogP contribution in [0.4, 0.5) is 0 Å². The maximum absolute atomic E-state index is 12.2. The molecule has 0 saturated carbocycles. The molecule has 0 aliphatic rings. The molecular weight excluding hydrogens is 532 g/mol. The van der Waals surface area contributed by atoms with Gasteiger partial charge in [-0.3, -0.25) is 4.79 Å². The van der Waals surface area contributed by atoms with Crippen molar-refractivity contribution in [3.63, 3.8) is 0 Å². The number of nitrogens with zero attached hydrogens (tertiary/aromatic N) is 1. The highest BCUT2D eigenvalue weighted by atomic mass is 79.9. The first kappa shape index (κ1) is 26.3. The molecule has 0 radical (unpaired) electrons. The van der Waals surface area contributed by atoms with Crippen LogP contribution in [-0.4, -0.2) is 18.2 Å². The summed E-state index contributed by atoms with van der Waals surface area (Å²) in [6, 6.07) is 14.1. The lowest BCUT2D eigenvalue weighted by Crippen LogP contribution is -2.26. The molecule has 4 nitrogen and oxygen atoms in total. The fraction of sp³-hybridized carbons (Fsp3) is 0.385. The van der Waals surface area contributed by atoms with Crippen molar-refractivity contribution in [2.75, 3.05) is 6.61 Å². The molecule has 0 unspecified atom stereocenters. The Bertz CT molecular complexity index is 968. The summed E-state index contributed by atoms with van der Waals surface area (Å²) in [6.45, 7) is 12.9. The molecule has 172 valence electrons. The number of amides is 1. The van der Waals surface area contributed by atoms with Gasteiger partial charge in [-0.15, -0.1) is 0 Å². The van der Waals surface area contributed by atoms with Crippen LogP contribution in [-0.2, 0) is 10.2 Å². The van der Waals surface area contributed by atoms with Crippen LogP contribution in [0, 0.1) is 5.41 Å². The summed E-state index contributed by atoms with van der Waals surface area (Å²) >= 11 is 7.20. The second kappa shape index (κ2) is 11.3. The quantitative estimate of drug-likeness (QED) is 0.267. The van der Waals surface area contributed by atoms with Crippen molar-refractivity contribution in [2.45, 2.75) is 53.4 Å². The molecule has 0 saturated heterocycles. The van der Waals surface area contributed by atoms with Crippen LogP contribution in [0.2, 0.25) is 0 Å². The third-order valence-electron chi connectivity index (χ3n) is 4.77. The van der Waals surface area contributed by atoms with Gasteiger partial charge in [0.25, 0.3) is 5.91 Å². The van der Waals surface area contributed by atoms with E-state index >= 15 is 0 Å². The predicted octanol–water partition coefficient (Wildman–Crippen LogP) is 7.51. The van der Waals surface area contributed by atoms with Gasteiger partial charge < -0.3 is 4.74 Å². The highest BCUT2D eigenvalue weighted by Crippen LogP contribution is 2.42. The lowest BCUT2D eigenvalue weighted by atomic mass is 9.72. The minimum Gasteiger partial charge on any atom is -0.481 e. The van der Waals surface area contributed by atoms with E-state index in [4.69, 9.17) is 4.74 Å². The number of hydrogen-bond acceptors (Lipinski definition) is 3. The highest BCUT2D eigenvalue weighted by Gasteiger charge is 2.28. The summed E-state index contributed by atoms with van der Waals surface area (Å²) in [5.74, 6) is 0.272. The molecule has 2 aromatic carbocycles. The fourth-order valence-electron chi connectivity index (χ4n) is 3.66. The number of carbonyl (C=O) groups excluding carboxylic acids is 1. The number of halogens is 2. The molecule has 0 aliphatic heterocycles. The van der Waals surface area contributed by atoms with Gasteiger partial charge in [0.2, 0.25) is 0 Å². The average Bonchev–Trinajstić information content (AvgIpc) is 2.69. The Labute approximate surface area is 208 Å². The van der Waals surface area contributed by atoms with Crippen LogP contribution in [0.3, 0.4) is 0 Å². The summed E-state index contributed by atoms with van der Waals surface area (Å²) < 4.78 is 7.38. The number of hydrogen-bond donors (Lipinski definition) is 1. The Kier molecular flexibility index (Phi) is 9.28. The third-order valence-corrected chi connectivity index (χ3v) is 5.95. The lowest BCUT2D eigenvalue weighted by molar-refractivity contribution is -0.123. The van der Waals surface area contributed by atoms with E-state index in [1.807, 2.05) is 49.4 Å². The van der Waals surface area contributed by atoms with Gasteiger partial charge in [0, 0.05) is 0 Å². The predicted molar refractivity (Wildman–Crippen MR) is 141 cm³/mol. The summed E-state index contributed by atoms with van der Waals surface area (Å²) in [6.07, 6.45) is 4.83. The van der Waals surface area contributed by atoms with E-state index in [0.717, 1.165) is 20.9 Å². The first-order chi connectivity index (χ1) is 14.9. The van der Waals surface area contributed by atoms with Crippen LogP contribution < -0.4 is 10.2 Å². The number of allylic oxidation sites excluding steroid dienone is 1. The largest absolute Gasteiger partial charge is 0.481 e. The number of carbonyl (C=O) groups is 1. The molecule has 0 heterocycles. The maximum Gasteiger partial charge on any atom is 0.277 e. The van der Waals surface area contributed by atoms with Crippen LogP contribution in [0.15, 0.2) is 62.6 Å². The second-order valence-electron chi connectivity index (χ2n) is 9.71. The third kappa shape index (κ3) is 8.55. The molecule has 6 heteroatoms. The Morgan fingerprint density at radius 3 is 2.22 bits per heavy atom. The van der Waals surface area contributed by atoms with Gasteiger partial charge in [0.05, 0.1) is 14.7 Å². The number of ether oxygens (including phenoxy) is 1. The minimum atomic E-state index is -0.326. The van der Waals surface area contributed by atoms with E-state index in [1.165, 1.54) is 5.56 Å². The second-order valence-corrected chi connectivity index (χ2v) is 11.4. The van der Waals surface area contributed by atoms with Crippen molar-refractivity contribution in [1.82, 2.24) is 5.43 Å². The van der Waals surface area contributed by atoms with Crippen molar-refractivity contribution in [2.24, 2.45) is 10.5 Å². The molecular formula is C26H32Br2N2O2. The van der Waals surface area contributed by atoms with Crippen LogP contribution in [0.1, 0.15) is 59.1 Å². The average molecular weight is 564 g/mol. The van der Waals surface area contributed by atoms with Gasteiger partial charge in [-0.1, -0.05) is 71.0 Å². The topological polar surface area (TPSA) is 50.7 Å². The maximum atomic E-state index is 12.2. The highest BCUT2D eigenvalue weighted by molar-refractivity contribution is 9.11. The smallest absolute Gasteiger partial charge is 0.277 e. The molecule has 0 spiro atoms. The molecule has 2 aromatic rings. The summed E-state index contributed by atoms with van der Waals surface area (Å²) in [7, 11) is 0. The van der Waals surface area contributed by atoms with E-state index in [0.29, 0.717) is 11.5 Å². The van der Waals surface area contributed by atoms with Crippen LogP contribution >= 0.6 is 31.9 Å². The first-order valence-electron chi connectivity index (χ1n) is 10.6. The van der Waals surface area contributed by atoms with E-state index in [1.54, 1.807) is 0 Å². The normalized spacial score (nSPS) is 12.8. The van der Waals surface area contributed by atoms with Crippen LogP contribution in [0.25, 0.3) is 6.08 Å². The van der Waals surface area contributed by atoms with Crippen molar-refractivity contribution in [1.29, 1.82) is 0 Å². The zero-order chi connectivity index (χ0) is 23.9. The molecule has 0 bridgehead atoms. The molecule has 0 aliphatic carbocycles. The monoisotopic (exact) mass is 562 g/mol. The summed E-state index contributed by atoms with van der Waals surface area (Å²) in [4.78, 5) is 12.2. The first-order valence-corrected chi connectivity index (χ1v) is 12.1. The SMILES string of the molecule is CC(/C=C/c1ccccc1)=NNC(=O)COc1c(Br)cc(C(C)(C)CC(C)(C)C)cc1Br. The molecule has 0 atom stereocenters. The van der Waals surface area contributed by atoms with Gasteiger partial charge in [-0.25, -0.2) is 5.43 Å². The zero-order valence-corrected chi connectivity index (χ0v) is 22.8. The molecule has 1 amide bonds. The number of hydrazone groups is 1. The van der Waals surface area contributed by atoms with E-state index in [2.05, 4.69) is 89.1 Å². The Morgan fingerprint density at radius 2 is 1.66 bits per heavy atom. The van der Waals surface area contributed by atoms with Gasteiger partial charge in [-0.05, 0) is 85.4 Å². The van der Waals surface area contributed by atoms with Crippen molar-refractivity contribution in [3.05, 3.63) is 68.6 Å². The van der Waals surface area contributed by atoms with Gasteiger partial charge in [0.1, 0.15) is 5.75 Å². The van der Waals surface area contributed by atoms with E-state index in [-0.39, 0.29) is 23.3 Å². The van der Waals surface area contributed by atoms with Gasteiger partial charge in [0.15, 0.2) is 6.61 Å². The molecule has 0 fully saturated rings. The molecule has 2 rings (SSSR count). The molecule has 0 aromatic heterocycles. The van der Waals surface area contributed by atoms with Crippen molar-refractivity contribution in [3.8, 4) is 5.75 Å². The Hall–Kier alpha value is -1.92. The zero-order valence-electron chi connectivity index (χ0n) is 19.6. The number of benzene rings is 2. The standard InChI is InChI=1S/C26H32Br2N2O2/c1-18(12-13-19-10-8-7-9-11-19)29-30-23(31)16-32-24-21(27)14-20(15-22(24)28)26(5,6)17-25(2,3)4/h7-15H,16-17H2,1-6H3,(H,30,31)/b13-12+,29-18?. The summed E-state index contributed by atoms with van der Waals surface area (Å²) in [5, 5.41) is 4.10. The van der Waals surface area contributed by atoms with Crippen molar-refractivity contribution >= 4 is 49.6 Å². The number of rotatable bonds is 8. The lowest BCUT2D eigenvalue weighted by Gasteiger charge is -2.33.